The number of carbonyl (C=O) groups excluding carboxylic acids is 1. The van der Waals surface area contributed by atoms with Gasteiger partial charge in [-0.2, -0.15) is 0 Å². The first-order valence-corrected chi connectivity index (χ1v) is 6.62. The van der Waals surface area contributed by atoms with Gasteiger partial charge in [-0.3, -0.25) is 4.79 Å². The van der Waals surface area contributed by atoms with Crippen LogP contribution in [0.4, 0.5) is 0 Å². The highest BCUT2D eigenvalue weighted by Crippen LogP contribution is 2.20. The number of carbonyl (C=O) groups is 1. The third kappa shape index (κ3) is 5.04. The summed E-state index contributed by atoms with van der Waals surface area (Å²) in [6, 6.07) is 0.846. The van der Waals surface area contributed by atoms with Crippen molar-refractivity contribution in [3.8, 4) is 0 Å². The number of methoxy groups -OCH3 is 1. The lowest BCUT2D eigenvalue weighted by Crippen LogP contribution is -2.48. The van der Waals surface area contributed by atoms with Crippen LogP contribution in [0.15, 0.2) is 0 Å². The lowest BCUT2D eigenvalue weighted by atomic mass is 10.1. The first-order valence-electron chi connectivity index (χ1n) is 6.62. The largest absolute Gasteiger partial charge is 0.468 e. The lowest BCUT2D eigenvalue weighted by molar-refractivity contribution is -0.143. The summed E-state index contributed by atoms with van der Waals surface area (Å²) in [5.74, 6) is -0.146. The van der Waals surface area contributed by atoms with Gasteiger partial charge in [0.25, 0.3) is 0 Å². The highest BCUT2D eigenvalue weighted by atomic mass is 16.5. The molecule has 0 aromatic rings. The first-order chi connectivity index (χ1) is 8.08. The Morgan fingerprint density at radius 2 is 2.18 bits per heavy atom. The molecule has 4 nitrogen and oxygen atoms in total. The van der Waals surface area contributed by atoms with Crippen molar-refractivity contribution in [2.24, 2.45) is 0 Å². The summed E-state index contributed by atoms with van der Waals surface area (Å²) in [7, 11) is 3.53. The third-order valence-corrected chi connectivity index (χ3v) is 3.43. The van der Waals surface area contributed by atoms with E-state index < -0.39 is 0 Å². The first kappa shape index (κ1) is 14.5. The molecule has 0 aromatic carbocycles. The molecule has 0 saturated heterocycles. The fourth-order valence-corrected chi connectivity index (χ4v) is 1.98. The number of esters is 1. The molecule has 1 saturated carbocycles. The number of hydrogen-bond donors (Lipinski definition) is 1. The molecule has 2 unspecified atom stereocenters. The Morgan fingerprint density at radius 3 is 2.65 bits per heavy atom. The van der Waals surface area contributed by atoms with Crippen LogP contribution in [0.2, 0.25) is 0 Å². The number of ether oxygens (including phenoxy) is 1. The fraction of sp³-hybridized carbons (Fsp3) is 0.923. The minimum atomic E-state index is -0.184. The molecule has 2 atom stereocenters. The van der Waals surface area contributed by atoms with Crippen molar-refractivity contribution >= 4 is 5.97 Å². The van der Waals surface area contributed by atoms with E-state index in [1.54, 1.807) is 0 Å². The van der Waals surface area contributed by atoms with Crippen molar-refractivity contribution in [2.45, 2.75) is 57.7 Å². The summed E-state index contributed by atoms with van der Waals surface area (Å²) >= 11 is 0. The van der Waals surface area contributed by atoms with E-state index in [0.29, 0.717) is 12.1 Å². The molecule has 0 aliphatic heterocycles. The molecule has 100 valence electrons. The summed E-state index contributed by atoms with van der Waals surface area (Å²) in [6.45, 7) is 5.11. The van der Waals surface area contributed by atoms with Gasteiger partial charge in [0, 0.05) is 18.6 Å². The van der Waals surface area contributed by atoms with Gasteiger partial charge in [0.15, 0.2) is 0 Å². The highest BCUT2D eigenvalue weighted by Gasteiger charge is 2.30. The van der Waals surface area contributed by atoms with E-state index in [0.717, 1.165) is 13.0 Å². The Bertz CT molecular complexity index is 242. The van der Waals surface area contributed by atoms with Gasteiger partial charge in [0.05, 0.1) is 7.11 Å². The molecule has 1 fully saturated rings. The smallest absolute Gasteiger partial charge is 0.324 e. The van der Waals surface area contributed by atoms with Crippen molar-refractivity contribution in [1.29, 1.82) is 0 Å². The van der Waals surface area contributed by atoms with Gasteiger partial charge in [-0.15, -0.1) is 0 Å². The van der Waals surface area contributed by atoms with Gasteiger partial charge >= 0.3 is 5.97 Å². The molecule has 1 rings (SSSR count). The SMILES string of the molecule is CCCC(C)N(C)CC(NC1CC1)C(=O)OC. The summed E-state index contributed by atoms with van der Waals surface area (Å²) in [4.78, 5) is 13.9. The van der Waals surface area contributed by atoms with E-state index in [1.165, 1.54) is 26.4 Å². The number of nitrogens with one attached hydrogen (secondary N) is 1. The van der Waals surface area contributed by atoms with E-state index in [-0.39, 0.29) is 12.0 Å². The van der Waals surface area contributed by atoms with Crippen LogP contribution in [0, 0.1) is 0 Å². The van der Waals surface area contributed by atoms with Crippen LogP contribution < -0.4 is 5.32 Å². The minimum Gasteiger partial charge on any atom is -0.468 e. The van der Waals surface area contributed by atoms with Gasteiger partial charge < -0.3 is 15.0 Å². The molecule has 17 heavy (non-hydrogen) atoms. The number of likely N-dealkylation sites (N-methyl/N-ethyl adjacent to an activating group) is 1. The van der Waals surface area contributed by atoms with Crippen LogP contribution in [-0.4, -0.2) is 49.7 Å². The maximum absolute atomic E-state index is 11.7. The molecule has 0 spiro atoms. The zero-order valence-electron chi connectivity index (χ0n) is 11.5. The topological polar surface area (TPSA) is 41.6 Å². The maximum Gasteiger partial charge on any atom is 0.324 e. The summed E-state index contributed by atoms with van der Waals surface area (Å²) in [5, 5.41) is 3.35. The second-order valence-corrected chi connectivity index (χ2v) is 5.09. The number of nitrogens with zero attached hydrogens (tertiary/aromatic N) is 1. The monoisotopic (exact) mass is 242 g/mol. The van der Waals surface area contributed by atoms with Crippen molar-refractivity contribution in [2.75, 3.05) is 20.7 Å². The normalized spacial score (nSPS) is 19.1. The summed E-state index contributed by atoms with van der Waals surface area (Å²) < 4.78 is 4.85. The molecule has 4 heteroatoms. The zero-order chi connectivity index (χ0) is 12.8. The van der Waals surface area contributed by atoms with Crippen molar-refractivity contribution in [3.63, 3.8) is 0 Å². The average Bonchev–Trinajstić information content (AvgIpc) is 3.11. The molecule has 0 aromatic heterocycles. The molecule has 1 aliphatic rings. The second kappa shape index (κ2) is 6.97. The Morgan fingerprint density at radius 1 is 1.53 bits per heavy atom. The Hall–Kier alpha value is -0.610. The predicted octanol–water partition coefficient (Wildman–Crippen LogP) is 1.40. The number of rotatable bonds is 8. The molecular weight excluding hydrogens is 216 g/mol. The van der Waals surface area contributed by atoms with Gasteiger partial charge in [-0.1, -0.05) is 13.3 Å². The molecule has 1 aliphatic carbocycles. The van der Waals surface area contributed by atoms with Crippen LogP contribution in [0.25, 0.3) is 0 Å². The average molecular weight is 242 g/mol. The quantitative estimate of drug-likeness (QED) is 0.653. The molecule has 1 N–H and O–H groups in total. The van der Waals surface area contributed by atoms with Gasteiger partial charge in [0.1, 0.15) is 6.04 Å². The Labute approximate surface area is 105 Å². The standard InChI is InChI=1S/C13H26N2O2/c1-5-6-10(2)15(3)9-12(13(16)17-4)14-11-7-8-11/h10-12,14H,5-9H2,1-4H3. The summed E-state index contributed by atoms with van der Waals surface area (Å²) in [5.41, 5.74) is 0. The van der Waals surface area contributed by atoms with E-state index in [1.807, 2.05) is 0 Å². The zero-order valence-corrected chi connectivity index (χ0v) is 11.5. The van der Waals surface area contributed by atoms with Crippen molar-refractivity contribution in [3.05, 3.63) is 0 Å². The van der Waals surface area contributed by atoms with Crippen LogP contribution in [0.5, 0.6) is 0 Å². The van der Waals surface area contributed by atoms with Crippen LogP contribution in [0.3, 0.4) is 0 Å². The molecular formula is C13H26N2O2. The van der Waals surface area contributed by atoms with Crippen LogP contribution in [0.1, 0.15) is 39.5 Å². The molecule has 0 bridgehead atoms. The van der Waals surface area contributed by atoms with E-state index in [2.05, 4.69) is 31.1 Å². The summed E-state index contributed by atoms with van der Waals surface area (Å²) in [6.07, 6.45) is 4.70. The molecule has 0 amide bonds. The van der Waals surface area contributed by atoms with Crippen molar-refractivity contribution in [1.82, 2.24) is 10.2 Å². The highest BCUT2D eigenvalue weighted by molar-refractivity contribution is 5.76. The molecule has 0 heterocycles. The Balaban J connectivity index is 2.42. The van der Waals surface area contributed by atoms with E-state index >= 15 is 0 Å². The maximum atomic E-state index is 11.7. The molecule has 0 radical (unpaired) electrons. The van der Waals surface area contributed by atoms with Crippen molar-refractivity contribution < 1.29 is 9.53 Å². The Kier molecular flexibility index (Phi) is 5.92. The lowest BCUT2D eigenvalue weighted by Gasteiger charge is -2.28. The predicted molar refractivity (Wildman–Crippen MR) is 69.0 cm³/mol. The fourth-order valence-electron chi connectivity index (χ4n) is 1.98. The second-order valence-electron chi connectivity index (χ2n) is 5.09. The minimum absolute atomic E-state index is 0.146. The number of hydrogen-bond acceptors (Lipinski definition) is 4. The van der Waals surface area contributed by atoms with E-state index in [9.17, 15) is 4.79 Å². The van der Waals surface area contributed by atoms with Gasteiger partial charge in [-0.25, -0.2) is 0 Å². The van der Waals surface area contributed by atoms with Gasteiger partial charge in [0.2, 0.25) is 0 Å². The van der Waals surface area contributed by atoms with E-state index in [4.69, 9.17) is 4.74 Å². The van der Waals surface area contributed by atoms with Crippen LogP contribution in [-0.2, 0) is 9.53 Å². The van der Waals surface area contributed by atoms with Gasteiger partial charge in [-0.05, 0) is 33.2 Å². The van der Waals surface area contributed by atoms with Crippen LogP contribution >= 0.6 is 0 Å². The third-order valence-electron chi connectivity index (χ3n) is 3.43.